The summed E-state index contributed by atoms with van der Waals surface area (Å²) in [5, 5.41) is 4.09. The molecule has 2 aliphatic heterocycles. The number of amides is 2. The van der Waals surface area contributed by atoms with E-state index in [-0.39, 0.29) is 43.0 Å². The van der Waals surface area contributed by atoms with E-state index in [2.05, 4.69) is 10.1 Å². The Morgan fingerprint density at radius 1 is 1.21 bits per heavy atom. The molecule has 2 aliphatic rings. The third-order valence-corrected chi connectivity index (χ3v) is 7.32. The normalized spacial score (nSPS) is 23.3. The maximum absolute atomic E-state index is 13.0. The van der Waals surface area contributed by atoms with Gasteiger partial charge in [-0.2, -0.15) is 9.40 Å². The number of anilines is 1. The third-order valence-electron chi connectivity index (χ3n) is 5.59. The second-order valence-corrected chi connectivity index (χ2v) is 9.53. The molecule has 4 heterocycles. The fourth-order valence-corrected chi connectivity index (χ4v) is 5.60. The van der Waals surface area contributed by atoms with Crippen molar-refractivity contribution in [2.75, 3.05) is 31.1 Å². The Morgan fingerprint density at radius 3 is 2.55 bits per heavy atom. The lowest BCUT2D eigenvalue weighted by Gasteiger charge is -2.47. The Bertz CT molecular complexity index is 1080. The molecule has 29 heavy (non-hydrogen) atoms. The Kier molecular flexibility index (Phi) is 4.50. The quantitative estimate of drug-likeness (QED) is 0.640. The molecular weight excluding hydrogens is 398 g/mol. The molecular formula is C17H23N7O4S. The van der Waals surface area contributed by atoms with Gasteiger partial charge in [-0.3, -0.25) is 14.3 Å². The van der Waals surface area contributed by atoms with E-state index in [0.29, 0.717) is 12.1 Å². The number of piperazine rings is 1. The first kappa shape index (κ1) is 19.6. The van der Waals surface area contributed by atoms with Crippen LogP contribution in [-0.2, 0) is 33.7 Å². The summed E-state index contributed by atoms with van der Waals surface area (Å²) in [6, 6.07) is 0. The first-order valence-corrected chi connectivity index (χ1v) is 10.6. The maximum atomic E-state index is 13.0. The SMILES string of the molecule is CC(=O)N1CC(=O)N(c2cnn(C)c2)C[C@]12CCN(S(=O)(=O)c1cn(C)cn1)C2. The summed E-state index contributed by atoms with van der Waals surface area (Å²) in [6.07, 6.45) is 6.64. The van der Waals surface area contributed by atoms with Crippen molar-refractivity contribution in [1.29, 1.82) is 0 Å². The number of aryl methyl sites for hydroxylation is 2. The molecule has 0 aromatic carbocycles. The van der Waals surface area contributed by atoms with Gasteiger partial charge in [0.15, 0.2) is 5.03 Å². The van der Waals surface area contributed by atoms with E-state index in [1.54, 1.807) is 40.6 Å². The van der Waals surface area contributed by atoms with Crippen LogP contribution in [0.2, 0.25) is 0 Å². The average Bonchev–Trinajstić information content (AvgIpc) is 3.37. The molecule has 0 saturated carbocycles. The van der Waals surface area contributed by atoms with Crippen LogP contribution in [0.25, 0.3) is 0 Å². The van der Waals surface area contributed by atoms with Crippen molar-refractivity contribution in [3.8, 4) is 0 Å². The highest BCUT2D eigenvalue weighted by Crippen LogP contribution is 2.36. The number of rotatable bonds is 3. The second-order valence-electron chi connectivity index (χ2n) is 7.65. The number of sulfonamides is 1. The molecule has 2 fully saturated rings. The van der Waals surface area contributed by atoms with Crippen LogP contribution in [0.4, 0.5) is 5.69 Å². The molecule has 2 amide bonds. The number of hydrogen-bond acceptors (Lipinski definition) is 6. The van der Waals surface area contributed by atoms with E-state index in [1.807, 2.05) is 0 Å². The van der Waals surface area contributed by atoms with Crippen molar-refractivity contribution in [1.82, 2.24) is 28.5 Å². The van der Waals surface area contributed by atoms with Crippen molar-refractivity contribution in [2.45, 2.75) is 23.9 Å². The Hall–Kier alpha value is -2.73. The number of carbonyl (C=O) groups is 2. The predicted molar refractivity (Wildman–Crippen MR) is 102 cm³/mol. The monoisotopic (exact) mass is 421 g/mol. The molecule has 11 nitrogen and oxygen atoms in total. The van der Waals surface area contributed by atoms with E-state index >= 15 is 0 Å². The fraction of sp³-hybridized carbons (Fsp3) is 0.529. The van der Waals surface area contributed by atoms with E-state index in [1.165, 1.54) is 28.7 Å². The highest BCUT2D eigenvalue weighted by Gasteiger charge is 2.53. The number of carbonyl (C=O) groups excluding carboxylic acids is 2. The summed E-state index contributed by atoms with van der Waals surface area (Å²) in [5.41, 5.74) is -0.164. The lowest BCUT2D eigenvalue weighted by molar-refractivity contribution is -0.142. The molecule has 0 bridgehead atoms. The number of hydrogen-bond donors (Lipinski definition) is 0. The summed E-state index contributed by atoms with van der Waals surface area (Å²) in [5.74, 6) is -0.467. The van der Waals surface area contributed by atoms with Crippen molar-refractivity contribution >= 4 is 27.5 Å². The van der Waals surface area contributed by atoms with Gasteiger partial charge in [0.25, 0.3) is 10.0 Å². The predicted octanol–water partition coefficient (Wildman–Crippen LogP) is -0.818. The molecule has 12 heteroatoms. The maximum Gasteiger partial charge on any atom is 0.262 e. The van der Waals surface area contributed by atoms with E-state index in [4.69, 9.17) is 0 Å². The smallest absolute Gasteiger partial charge is 0.262 e. The van der Waals surface area contributed by atoms with Gasteiger partial charge in [-0.05, 0) is 6.42 Å². The third kappa shape index (κ3) is 3.21. The van der Waals surface area contributed by atoms with Crippen molar-refractivity contribution in [2.24, 2.45) is 14.1 Å². The zero-order valence-corrected chi connectivity index (χ0v) is 17.3. The van der Waals surface area contributed by atoms with E-state index < -0.39 is 15.6 Å². The first-order valence-electron chi connectivity index (χ1n) is 9.18. The van der Waals surface area contributed by atoms with Crippen molar-refractivity contribution in [3.63, 3.8) is 0 Å². The highest BCUT2D eigenvalue weighted by molar-refractivity contribution is 7.89. The summed E-state index contributed by atoms with van der Waals surface area (Å²) in [4.78, 5) is 32.1. The van der Waals surface area contributed by atoms with Crippen LogP contribution in [0.1, 0.15) is 13.3 Å². The van der Waals surface area contributed by atoms with Gasteiger partial charge >= 0.3 is 0 Å². The van der Waals surface area contributed by atoms with Crippen LogP contribution in [0.5, 0.6) is 0 Å². The largest absolute Gasteiger partial charge is 0.339 e. The Balaban J connectivity index is 1.66. The topological polar surface area (TPSA) is 114 Å². The molecule has 0 aliphatic carbocycles. The van der Waals surface area contributed by atoms with Gasteiger partial charge in [0, 0.05) is 46.5 Å². The van der Waals surface area contributed by atoms with Crippen LogP contribution < -0.4 is 4.90 Å². The minimum absolute atomic E-state index is 0.0255. The van der Waals surface area contributed by atoms with Crippen LogP contribution in [0.3, 0.4) is 0 Å². The summed E-state index contributed by atoms with van der Waals surface area (Å²) >= 11 is 0. The average molecular weight is 421 g/mol. The van der Waals surface area contributed by atoms with Gasteiger partial charge in [0.05, 0.1) is 30.3 Å². The van der Waals surface area contributed by atoms with E-state index in [9.17, 15) is 18.0 Å². The second kappa shape index (κ2) is 6.66. The standard InChI is InChI=1S/C17H23N7O4S/c1-13(25)24-9-16(26)23(14-6-19-21(3)7-14)11-17(24)4-5-22(10-17)29(27,28)15-8-20(2)12-18-15/h6-8,12H,4-5,9-11H2,1-3H3/t17-/m1/s1. The number of aromatic nitrogens is 4. The van der Waals surface area contributed by atoms with Gasteiger partial charge in [-0.1, -0.05) is 0 Å². The summed E-state index contributed by atoms with van der Waals surface area (Å²) in [7, 11) is -0.332. The molecule has 156 valence electrons. The van der Waals surface area contributed by atoms with Crippen LogP contribution in [-0.4, -0.2) is 80.5 Å². The highest BCUT2D eigenvalue weighted by atomic mass is 32.2. The van der Waals surface area contributed by atoms with Crippen LogP contribution in [0.15, 0.2) is 29.9 Å². The molecule has 1 atom stereocenters. The Morgan fingerprint density at radius 2 is 1.97 bits per heavy atom. The summed E-state index contributed by atoms with van der Waals surface area (Å²) < 4.78 is 30.6. The molecule has 0 unspecified atom stereocenters. The van der Waals surface area contributed by atoms with Gasteiger partial charge < -0.3 is 14.4 Å². The van der Waals surface area contributed by atoms with Crippen molar-refractivity contribution < 1.29 is 18.0 Å². The molecule has 4 rings (SSSR count). The van der Waals surface area contributed by atoms with Gasteiger partial charge in [-0.25, -0.2) is 13.4 Å². The van der Waals surface area contributed by atoms with Crippen molar-refractivity contribution in [3.05, 3.63) is 24.9 Å². The lowest BCUT2D eigenvalue weighted by Crippen LogP contribution is -2.67. The van der Waals surface area contributed by atoms with Gasteiger partial charge in [-0.15, -0.1) is 0 Å². The minimum atomic E-state index is -3.79. The van der Waals surface area contributed by atoms with Gasteiger partial charge in [0.1, 0.15) is 6.54 Å². The molecule has 1 spiro atoms. The van der Waals surface area contributed by atoms with Crippen LogP contribution >= 0.6 is 0 Å². The lowest BCUT2D eigenvalue weighted by atomic mass is 9.92. The van der Waals surface area contributed by atoms with Gasteiger partial charge in [0.2, 0.25) is 11.8 Å². The number of imidazole rings is 1. The zero-order chi connectivity index (χ0) is 21.0. The molecule has 2 saturated heterocycles. The molecule has 0 radical (unpaired) electrons. The van der Waals surface area contributed by atoms with E-state index in [0.717, 1.165) is 0 Å². The molecule has 2 aromatic rings. The summed E-state index contributed by atoms with van der Waals surface area (Å²) in [6.45, 7) is 1.88. The Labute approximate surface area is 168 Å². The first-order chi connectivity index (χ1) is 13.6. The zero-order valence-electron chi connectivity index (χ0n) is 16.5. The number of nitrogens with zero attached hydrogens (tertiary/aromatic N) is 7. The van der Waals surface area contributed by atoms with Crippen LogP contribution in [0, 0.1) is 0 Å². The minimum Gasteiger partial charge on any atom is -0.339 e. The fourth-order valence-electron chi connectivity index (χ4n) is 4.11. The molecule has 2 aromatic heterocycles. The molecule has 0 N–H and O–H groups in total.